The van der Waals surface area contributed by atoms with Gasteiger partial charge in [0.25, 0.3) is 0 Å². The molecule has 11 rings (SSSR count). The van der Waals surface area contributed by atoms with Gasteiger partial charge in [0.15, 0.2) is 0 Å². The molecule has 0 N–H and O–H groups in total. The largest absolute Gasteiger partial charge is 1.00 e. The van der Waals surface area contributed by atoms with Crippen LogP contribution in [0.25, 0.3) is 0 Å². The molecule has 5 aliphatic rings. The van der Waals surface area contributed by atoms with Gasteiger partial charge in [0.05, 0.1) is 17.0 Å². The molecule has 544 valence electrons. The number of hydrogen-bond acceptors (Lipinski definition) is 5. The molecule has 0 amide bonds. The van der Waals surface area contributed by atoms with E-state index in [1.165, 1.54) is 106 Å². The molecular formula is C80H112BCl4F4N4O2PRu2. The number of para-hydroxylation sites is 2. The van der Waals surface area contributed by atoms with Gasteiger partial charge in [-0.1, -0.05) is 90.0 Å². The van der Waals surface area contributed by atoms with Gasteiger partial charge in [-0.15, -0.1) is 0 Å². The summed E-state index contributed by atoms with van der Waals surface area (Å²) in [5.74, 6) is 1.70. The van der Waals surface area contributed by atoms with Crippen LogP contribution in [-0.4, -0.2) is 83.0 Å². The predicted molar refractivity (Wildman–Crippen MR) is 416 cm³/mol. The Bertz CT molecular complexity index is 3300. The van der Waals surface area contributed by atoms with Crippen molar-refractivity contribution in [3.8, 4) is 11.5 Å². The molecule has 2 heterocycles. The van der Waals surface area contributed by atoms with Crippen LogP contribution in [0.3, 0.4) is 0 Å². The number of halogens is 8. The van der Waals surface area contributed by atoms with Gasteiger partial charge in [0, 0.05) is 32.4 Å². The summed E-state index contributed by atoms with van der Waals surface area (Å²) in [6.45, 7) is 40.8. The molecule has 0 unspecified atom stereocenters. The molecule has 0 atom stereocenters. The van der Waals surface area contributed by atoms with Crippen molar-refractivity contribution in [2.45, 2.75) is 236 Å². The number of hydrogen-bond donors (Lipinski definition) is 0. The van der Waals surface area contributed by atoms with Crippen LogP contribution in [0.5, 0.6) is 11.5 Å². The van der Waals surface area contributed by atoms with E-state index in [1.54, 1.807) is 96.3 Å². The maximum absolute atomic E-state index is 9.67. The Balaban J connectivity index is 0.000000221. The third-order valence-electron chi connectivity index (χ3n) is 18.6. The second-order valence-electron chi connectivity index (χ2n) is 27.8. The summed E-state index contributed by atoms with van der Waals surface area (Å²) in [6, 6.07) is 33.8. The Morgan fingerprint density at radius 3 is 1.07 bits per heavy atom. The van der Waals surface area contributed by atoms with Gasteiger partial charge < -0.3 is 14.5 Å². The molecule has 3 aliphatic carbocycles. The standard InChI is InChI=1S/2C21H27N2.C18H33P.2C10H12O.BF3.4ClH.FH.2Ru/c2*1-14-9-16(3)20(17(4)10-14)22-7-8-23(13-22)21-18(5)11-15(2)12-19(21)6;1-4-10-16(11-5-1)19(17-12-6-2-7-13-17)18-14-8-3-9-15-18;2*1-8(2)11-10-7-5-4-6-9(10)3;2-1(3)4;;;;;;;/h2*9-13H,7-8H2,1-6H3;16-18H,1-15H2;2*3-8H,1-2H3;;5*1H;;/q-1;+1;;;;;;;;;;2*+2/p-4. The number of benzene rings is 6. The molecule has 0 bridgehead atoms. The average Bonchev–Trinajstić information content (AvgIpc) is 1.61. The number of anilines is 3. The van der Waals surface area contributed by atoms with Gasteiger partial charge in [-0.25, -0.2) is 9.48 Å². The van der Waals surface area contributed by atoms with Crippen LogP contribution in [0.15, 0.2) is 97.1 Å². The van der Waals surface area contributed by atoms with Crippen molar-refractivity contribution in [2.24, 2.45) is 0 Å². The van der Waals surface area contributed by atoms with Gasteiger partial charge in [-0.3, -0.25) is 12.9 Å². The van der Waals surface area contributed by atoms with Crippen LogP contribution in [0.1, 0.15) is 202 Å². The zero-order valence-electron chi connectivity index (χ0n) is 61.3. The Kier molecular flexibility index (Phi) is 37.1. The van der Waals surface area contributed by atoms with E-state index in [2.05, 4.69) is 164 Å². The van der Waals surface area contributed by atoms with E-state index >= 15 is 0 Å². The molecule has 6 aromatic rings. The zero-order chi connectivity index (χ0) is 71.0. The van der Waals surface area contributed by atoms with Crippen LogP contribution in [-0.2, 0) is 27.0 Å². The summed E-state index contributed by atoms with van der Waals surface area (Å²) in [7, 11) is 19.6. The Morgan fingerprint density at radius 1 is 0.469 bits per heavy atom. The van der Waals surface area contributed by atoms with Crippen LogP contribution in [0, 0.1) is 89.8 Å². The molecule has 6 aromatic carbocycles. The zero-order valence-corrected chi connectivity index (χ0v) is 68.8. The Hall–Kier alpha value is -3.65. The first-order valence-electron chi connectivity index (χ1n) is 35.1. The van der Waals surface area contributed by atoms with Crippen LogP contribution >= 0.6 is 46.7 Å². The van der Waals surface area contributed by atoms with Crippen molar-refractivity contribution in [1.82, 2.24) is 0 Å². The van der Waals surface area contributed by atoms with Gasteiger partial charge in [0.2, 0.25) is 6.34 Å². The van der Waals surface area contributed by atoms with Crippen LogP contribution in [0.4, 0.5) is 35.7 Å². The molecule has 3 saturated carbocycles. The van der Waals surface area contributed by atoms with Gasteiger partial charge in [-0.05, 0) is 205 Å². The number of aryl methyl sites for hydroxylation is 12. The van der Waals surface area contributed by atoms with E-state index in [0.717, 1.165) is 48.8 Å². The van der Waals surface area contributed by atoms with E-state index in [0.29, 0.717) is 0 Å². The SMILES string of the molecule is C1CCC([PH+](C2CCCCC2)C2CCCCC2)CC1.CC(C)Oc1ccccc1[CH]=[Ru]([Cl])[Cl].CC(C)Oc1ccccc1[CH]=[Ru]([Cl])[Cl].Cc1cc(C)c(N2C=[N+](c3c(C)cc(C)cc3C)CC2)c(C)c1.Cc1cc(C)c(N2[CH-]N(c3c(C)cc(C)cc3C)CC2)c(C)c1.FB(F)F.[F-]. The van der Waals surface area contributed by atoms with Crippen molar-refractivity contribution >= 4 is 92.5 Å². The molecule has 18 heteroatoms. The molecule has 0 aromatic heterocycles. The average molecular weight is 1620 g/mol. The van der Waals surface area contributed by atoms with E-state index < -0.39 is 34.6 Å². The molecule has 0 radical (unpaired) electrons. The maximum Gasteiger partial charge on any atom is 0.762 e. The Labute approximate surface area is 616 Å². The van der Waals surface area contributed by atoms with Crippen LogP contribution in [0.2, 0.25) is 0 Å². The van der Waals surface area contributed by atoms with E-state index in [4.69, 9.17) is 48.2 Å². The number of ether oxygens (including phenoxy) is 2. The number of nitrogens with zero attached hydrogens (tertiary/aromatic N) is 4. The van der Waals surface area contributed by atoms with E-state index in [-0.39, 0.29) is 24.8 Å². The molecular weight excluding hydrogens is 1510 g/mol. The van der Waals surface area contributed by atoms with Crippen molar-refractivity contribution in [3.05, 3.63) is 182 Å². The first-order chi connectivity index (χ1) is 46.1. The first-order valence-corrected chi connectivity index (χ1v) is 47.8. The second-order valence-corrected chi connectivity index (χ2v) is 42.7. The summed E-state index contributed by atoms with van der Waals surface area (Å²) in [5, 5.41) is 0. The van der Waals surface area contributed by atoms with Crippen molar-refractivity contribution in [1.29, 1.82) is 0 Å². The molecule has 98 heavy (non-hydrogen) atoms. The minimum Gasteiger partial charge on any atom is -1.00 e. The minimum absolute atomic E-state index is 0. The molecule has 4 fully saturated rings. The normalized spacial score (nSPS) is 15.9. The topological polar surface area (TPSA) is 31.2 Å². The Morgan fingerprint density at radius 2 is 0.765 bits per heavy atom. The summed E-state index contributed by atoms with van der Waals surface area (Å²) >= 11 is -3.54. The smallest absolute Gasteiger partial charge is 0.762 e. The van der Waals surface area contributed by atoms with Crippen molar-refractivity contribution in [3.63, 3.8) is 0 Å². The summed E-state index contributed by atoms with van der Waals surface area (Å²) in [4.78, 5) is 7.22. The molecule has 0 spiro atoms. The van der Waals surface area contributed by atoms with Crippen molar-refractivity contribution < 1.29 is 58.7 Å². The minimum atomic E-state index is -3.67. The van der Waals surface area contributed by atoms with Crippen molar-refractivity contribution in [2.75, 3.05) is 40.9 Å². The third kappa shape index (κ3) is 27.2. The quantitative estimate of drug-likeness (QED) is 0.0378. The summed E-state index contributed by atoms with van der Waals surface area (Å²) in [5.41, 5.74) is 27.3. The van der Waals surface area contributed by atoms with E-state index in [1.807, 2.05) is 85.4 Å². The first kappa shape index (κ1) is 85.0. The molecule has 6 nitrogen and oxygen atoms in total. The van der Waals surface area contributed by atoms with E-state index in [9.17, 15) is 12.9 Å². The fraction of sp³-hybridized carbons (Fsp3) is 0.500. The fourth-order valence-electron chi connectivity index (χ4n) is 15.5. The maximum atomic E-state index is 9.67. The van der Waals surface area contributed by atoms with Gasteiger partial charge in [-0.2, -0.15) is 6.67 Å². The van der Waals surface area contributed by atoms with Gasteiger partial charge in [0.1, 0.15) is 24.5 Å². The second kappa shape index (κ2) is 42.8. The summed E-state index contributed by atoms with van der Waals surface area (Å²) < 4.78 is 46.4. The monoisotopic (exact) mass is 1620 g/mol. The molecule has 2 aliphatic heterocycles. The molecule has 1 saturated heterocycles. The third-order valence-corrected chi connectivity index (χ3v) is 26.8. The van der Waals surface area contributed by atoms with Crippen LogP contribution < -0.4 is 28.9 Å². The van der Waals surface area contributed by atoms with Gasteiger partial charge >= 0.3 is 203 Å². The number of rotatable bonds is 13. The summed E-state index contributed by atoms with van der Waals surface area (Å²) in [6.07, 6.45) is 26.4. The predicted octanol–water partition coefficient (Wildman–Crippen LogP) is 20.9. The fourth-order valence-corrected chi connectivity index (χ4v) is 24.3.